The van der Waals surface area contributed by atoms with Crippen LogP contribution in [0.3, 0.4) is 0 Å². The molecule has 3 N–H and O–H groups in total. The summed E-state index contributed by atoms with van der Waals surface area (Å²) < 4.78 is 16.2. The number of hydrogen-bond donors (Lipinski definition) is 3. The van der Waals surface area contributed by atoms with Gasteiger partial charge < -0.3 is 34.4 Å². The molecule has 1 aliphatic rings. The summed E-state index contributed by atoms with van der Waals surface area (Å²) in [5.41, 5.74) is 0.906. The third-order valence-electron chi connectivity index (χ3n) is 7.80. The van der Waals surface area contributed by atoms with E-state index in [0.29, 0.717) is 55.0 Å². The highest BCUT2D eigenvalue weighted by Crippen LogP contribution is 2.36. The molecule has 0 aromatic heterocycles. The van der Waals surface area contributed by atoms with Crippen molar-refractivity contribution in [3.63, 3.8) is 0 Å². The van der Waals surface area contributed by atoms with Crippen molar-refractivity contribution in [3.05, 3.63) is 93.5 Å². The van der Waals surface area contributed by atoms with Gasteiger partial charge in [-0.2, -0.15) is 0 Å². The lowest BCUT2D eigenvalue weighted by Crippen LogP contribution is -2.21. The maximum Gasteiger partial charge on any atom is 0.311 e. The summed E-state index contributed by atoms with van der Waals surface area (Å²) in [6.45, 7) is 0.167. The molecular weight excluding hydrogens is 646 g/mol. The van der Waals surface area contributed by atoms with Gasteiger partial charge in [-0.25, -0.2) is 0 Å². The fourth-order valence-electron chi connectivity index (χ4n) is 5.26. The molecule has 0 bridgehead atoms. The minimum Gasteiger partial charge on any atom is -0.491 e. The van der Waals surface area contributed by atoms with E-state index in [9.17, 15) is 35.0 Å². The van der Waals surface area contributed by atoms with Crippen molar-refractivity contribution in [3.8, 4) is 11.5 Å². The Morgan fingerprint density at radius 1 is 0.979 bits per heavy atom. The first-order valence-corrected chi connectivity index (χ1v) is 16.5. The average molecular weight is 690 g/mol. The smallest absolute Gasteiger partial charge is 0.311 e. The van der Waals surface area contributed by atoms with Gasteiger partial charge in [0.2, 0.25) is 0 Å². The summed E-state index contributed by atoms with van der Waals surface area (Å²) in [4.78, 5) is 38.3. The second-order valence-electron chi connectivity index (χ2n) is 11.5. The van der Waals surface area contributed by atoms with Gasteiger partial charge in [0.25, 0.3) is 5.09 Å². The summed E-state index contributed by atoms with van der Waals surface area (Å²) in [5.74, 6) is -0.292. The minimum atomic E-state index is -0.893. The quantitative estimate of drug-likeness (QED) is 0.0393. The first-order chi connectivity index (χ1) is 23.1. The number of rotatable bonds is 21. The van der Waals surface area contributed by atoms with Crippen LogP contribution in [0.4, 0.5) is 0 Å². The summed E-state index contributed by atoms with van der Waals surface area (Å²) in [6, 6.07) is 13.8. The Labute approximate surface area is 285 Å². The molecule has 1 saturated carbocycles. The maximum absolute atomic E-state index is 12.3. The second kappa shape index (κ2) is 21.1. The van der Waals surface area contributed by atoms with Crippen molar-refractivity contribution < 1.29 is 49.0 Å². The van der Waals surface area contributed by atoms with Crippen LogP contribution in [0, 0.1) is 22.0 Å². The van der Waals surface area contributed by atoms with Crippen molar-refractivity contribution >= 4 is 23.5 Å². The zero-order chi connectivity index (χ0) is 34.7. The molecule has 0 aliphatic heterocycles. The van der Waals surface area contributed by atoms with Crippen LogP contribution in [0.1, 0.15) is 56.9 Å². The maximum atomic E-state index is 12.3. The van der Waals surface area contributed by atoms with E-state index in [1.165, 1.54) is 0 Å². The first kappa shape index (κ1) is 38.5. The Bertz CT molecular complexity index is 1350. The molecule has 0 spiro atoms. The monoisotopic (exact) mass is 689 g/mol. The van der Waals surface area contributed by atoms with Gasteiger partial charge in [-0.3, -0.25) is 9.59 Å². The van der Waals surface area contributed by atoms with E-state index in [1.54, 1.807) is 60.7 Å². The molecule has 0 amide bonds. The van der Waals surface area contributed by atoms with Crippen LogP contribution in [-0.4, -0.2) is 70.5 Å². The topological polar surface area (TPSA) is 175 Å². The largest absolute Gasteiger partial charge is 0.491 e. The van der Waals surface area contributed by atoms with Gasteiger partial charge in [0, 0.05) is 36.6 Å². The molecule has 3 rings (SSSR count). The molecular formula is C35H44ClNO11. The lowest BCUT2D eigenvalue weighted by molar-refractivity contribution is -0.757. The van der Waals surface area contributed by atoms with Crippen molar-refractivity contribution in [2.24, 2.45) is 11.8 Å². The SMILES string of the molecule is O=C(CCCCO[N+](=O)[O-])OCCc1ccc(OC(=O)CCC/C=C\C[C@@H]2[C@@H](/C=C/[C@@H](O)COc3cccc(Cl)c3)[C@H](O)C[C@@H]2O)cc1. The summed E-state index contributed by atoms with van der Waals surface area (Å²) >= 11 is 5.95. The molecule has 0 saturated heterocycles. The fraction of sp³-hybridized carbons (Fsp3) is 0.486. The zero-order valence-corrected chi connectivity index (χ0v) is 27.5. The Kier molecular flexibility index (Phi) is 16.9. The predicted octanol–water partition coefficient (Wildman–Crippen LogP) is 5.18. The third kappa shape index (κ3) is 14.8. The van der Waals surface area contributed by atoms with Gasteiger partial charge in [0.1, 0.15) is 24.2 Å². The third-order valence-corrected chi connectivity index (χ3v) is 8.03. The van der Waals surface area contributed by atoms with Crippen LogP contribution in [0.25, 0.3) is 0 Å². The molecule has 12 nitrogen and oxygen atoms in total. The van der Waals surface area contributed by atoms with Crippen molar-refractivity contribution in [1.82, 2.24) is 0 Å². The number of esters is 2. The minimum absolute atomic E-state index is 0.0243. The molecule has 2 aromatic carbocycles. The second-order valence-corrected chi connectivity index (χ2v) is 12.0. The van der Waals surface area contributed by atoms with E-state index in [1.807, 2.05) is 12.2 Å². The molecule has 262 valence electrons. The van der Waals surface area contributed by atoms with Gasteiger partial charge in [-0.15, -0.1) is 10.1 Å². The van der Waals surface area contributed by atoms with Crippen molar-refractivity contribution in [2.75, 3.05) is 19.8 Å². The number of unbranched alkanes of at least 4 members (excludes halogenated alkanes) is 2. The molecule has 0 heterocycles. The molecule has 2 aromatic rings. The molecule has 0 unspecified atom stereocenters. The number of allylic oxidation sites excluding steroid dienone is 2. The zero-order valence-electron chi connectivity index (χ0n) is 26.7. The summed E-state index contributed by atoms with van der Waals surface area (Å²) in [6.07, 6.45) is 8.68. The Morgan fingerprint density at radius 2 is 1.75 bits per heavy atom. The van der Waals surface area contributed by atoms with Gasteiger partial charge in [-0.1, -0.05) is 54.1 Å². The van der Waals surface area contributed by atoms with E-state index >= 15 is 0 Å². The standard InChI is InChI=1S/C35H44ClNO11/c36-26-8-7-9-29(22-26)46-24-27(38)15-18-31-30(32(39)23-33(31)40)10-3-1-2-4-12-35(42)48-28-16-13-25(14-17-28)19-21-45-34(41)11-5-6-20-47-37(43)44/h1,3,7-9,13-18,22,27,30-33,38-40H,2,4-6,10-12,19-21,23-24H2/b3-1-,18-15+/t27-,30-,31-,32+,33-/m1/s1. The van der Waals surface area contributed by atoms with Crippen LogP contribution in [0.2, 0.25) is 5.02 Å². The lowest BCUT2D eigenvalue weighted by atomic mass is 9.89. The van der Waals surface area contributed by atoms with Gasteiger partial charge in [-0.05, 0) is 73.9 Å². The molecule has 5 atom stereocenters. The van der Waals surface area contributed by atoms with E-state index < -0.39 is 23.4 Å². The molecule has 1 fully saturated rings. The van der Waals surface area contributed by atoms with Crippen LogP contribution in [0.15, 0.2) is 72.8 Å². The molecule has 48 heavy (non-hydrogen) atoms. The van der Waals surface area contributed by atoms with Crippen LogP contribution in [-0.2, 0) is 25.6 Å². The summed E-state index contributed by atoms with van der Waals surface area (Å²) in [5, 5.41) is 41.1. The summed E-state index contributed by atoms with van der Waals surface area (Å²) in [7, 11) is 0. The molecule has 13 heteroatoms. The van der Waals surface area contributed by atoms with Crippen LogP contribution < -0.4 is 9.47 Å². The van der Waals surface area contributed by atoms with Gasteiger partial charge >= 0.3 is 11.9 Å². The van der Waals surface area contributed by atoms with Crippen molar-refractivity contribution in [1.29, 1.82) is 0 Å². The van der Waals surface area contributed by atoms with Crippen LogP contribution in [0.5, 0.6) is 11.5 Å². The van der Waals surface area contributed by atoms with E-state index in [-0.39, 0.29) is 62.9 Å². The van der Waals surface area contributed by atoms with Gasteiger partial charge in [0.05, 0.1) is 25.4 Å². The Balaban J connectivity index is 1.29. The average Bonchev–Trinajstić information content (AvgIpc) is 3.32. The number of hydrogen-bond acceptors (Lipinski definition) is 11. The number of nitrogens with zero attached hydrogens (tertiary/aromatic N) is 1. The number of aliphatic hydroxyl groups is 3. The normalized spacial score (nSPS) is 19.8. The fourth-order valence-corrected chi connectivity index (χ4v) is 5.44. The van der Waals surface area contributed by atoms with Gasteiger partial charge in [0.15, 0.2) is 0 Å². The van der Waals surface area contributed by atoms with E-state index in [0.717, 1.165) is 5.56 Å². The van der Waals surface area contributed by atoms with Crippen molar-refractivity contribution in [2.45, 2.75) is 76.1 Å². The van der Waals surface area contributed by atoms with E-state index in [2.05, 4.69) is 4.84 Å². The number of ether oxygens (including phenoxy) is 3. The molecule has 0 radical (unpaired) electrons. The number of aliphatic hydroxyl groups excluding tert-OH is 3. The predicted molar refractivity (Wildman–Crippen MR) is 177 cm³/mol. The number of halogens is 1. The number of carbonyl (C=O) groups excluding carboxylic acids is 2. The highest BCUT2D eigenvalue weighted by atomic mass is 35.5. The van der Waals surface area contributed by atoms with E-state index in [4.69, 9.17) is 25.8 Å². The van der Waals surface area contributed by atoms with Crippen LogP contribution >= 0.6 is 11.6 Å². The lowest BCUT2D eigenvalue weighted by Gasteiger charge is -2.19. The number of benzene rings is 2. The Morgan fingerprint density at radius 3 is 2.50 bits per heavy atom. The molecule has 1 aliphatic carbocycles. The number of carbonyl (C=O) groups is 2. The highest BCUT2D eigenvalue weighted by molar-refractivity contribution is 6.30. The Hall–Kier alpha value is -3.97. The highest BCUT2D eigenvalue weighted by Gasteiger charge is 2.39. The first-order valence-electron chi connectivity index (χ1n) is 16.1.